The van der Waals surface area contributed by atoms with Crippen molar-refractivity contribution >= 4 is 0 Å². The highest BCUT2D eigenvalue weighted by atomic mass is 19.4. The second-order valence-corrected chi connectivity index (χ2v) is 5.68. The number of alkyl halides is 3. The number of hydrogen-bond donors (Lipinski definition) is 1. The molecule has 1 fully saturated rings. The molecule has 1 aliphatic carbocycles. The van der Waals surface area contributed by atoms with Gasteiger partial charge in [0.05, 0.1) is 0 Å². The summed E-state index contributed by atoms with van der Waals surface area (Å²) in [6, 6.07) is 0. The van der Waals surface area contributed by atoms with E-state index < -0.39 is 12.7 Å². The molecule has 1 N–H and O–H groups in total. The molecule has 0 radical (unpaired) electrons. The standard InChI is InChI=1S/C12H20F3N/c1-8(16-7-12(13,14)15)10(9-5-6-9)11(2,3)4/h9-10,16H,1,5-7H2,2-4H3. The van der Waals surface area contributed by atoms with E-state index >= 15 is 0 Å². The van der Waals surface area contributed by atoms with Gasteiger partial charge in [0.2, 0.25) is 0 Å². The molecule has 0 amide bonds. The first kappa shape index (κ1) is 13.4. The summed E-state index contributed by atoms with van der Waals surface area (Å²) in [5, 5.41) is 2.43. The minimum atomic E-state index is -4.17. The van der Waals surface area contributed by atoms with Crippen molar-refractivity contribution in [2.45, 2.75) is 39.8 Å². The predicted molar refractivity (Wildman–Crippen MR) is 58.9 cm³/mol. The van der Waals surface area contributed by atoms with E-state index in [0.29, 0.717) is 11.6 Å². The quantitative estimate of drug-likeness (QED) is 0.783. The van der Waals surface area contributed by atoms with Crippen molar-refractivity contribution in [2.24, 2.45) is 17.3 Å². The average Bonchev–Trinajstić information content (AvgIpc) is 2.81. The lowest BCUT2D eigenvalue weighted by Gasteiger charge is -2.33. The largest absolute Gasteiger partial charge is 0.405 e. The highest BCUT2D eigenvalue weighted by molar-refractivity contribution is 5.08. The lowest BCUT2D eigenvalue weighted by atomic mass is 9.76. The summed E-state index contributed by atoms with van der Waals surface area (Å²) in [6.45, 7) is 8.95. The molecule has 0 aromatic carbocycles. The molecule has 0 saturated heterocycles. The number of nitrogens with one attached hydrogen (secondary N) is 1. The van der Waals surface area contributed by atoms with Crippen LogP contribution in [0, 0.1) is 17.3 Å². The highest BCUT2D eigenvalue weighted by Gasteiger charge is 2.41. The summed E-state index contributed by atoms with van der Waals surface area (Å²) in [5.74, 6) is 0.642. The summed E-state index contributed by atoms with van der Waals surface area (Å²) in [4.78, 5) is 0. The third-order valence-corrected chi connectivity index (χ3v) is 2.92. The van der Waals surface area contributed by atoms with Gasteiger partial charge in [0.15, 0.2) is 0 Å². The van der Waals surface area contributed by atoms with Crippen LogP contribution < -0.4 is 5.32 Å². The van der Waals surface area contributed by atoms with Gasteiger partial charge in [-0.3, -0.25) is 0 Å². The van der Waals surface area contributed by atoms with Crippen LogP contribution in [-0.4, -0.2) is 12.7 Å². The summed E-state index contributed by atoms with van der Waals surface area (Å²) >= 11 is 0. The normalized spacial score (nSPS) is 19.4. The van der Waals surface area contributed by atoms with Crippen LogP contribution in [0.4, 0.5) is 13.2 Å². The number of allylic oxidation sites excluding steroid dienone is 1. The Morgan fingerprint density at radius 3 is 2.12 bits per heavy atom. The van der Waals surface area contributed by atoms with Crippen molar-refractivity contribution in [3.05, 3.63) is 12.3 Å². The van der Waals surface area contributed by atoms with Gasteiger partial charge in [-0.05, 0) is 24.2 Å². The number of rotatable bonds is 4. The van der Waals surface area contributed by atoms with Gasteiger partial charge in [0, 0.05) is 11.6 Å². The SMILES string of the molecule is C=C(NCC(F)(F)F)C(C1CC1)C(C)(C)C. The van der Waals surface area contributed by atoms with Gasteiger partial charge in [-0.1, -0.05) is 27.4 Å². The maximum Gasteiger partial charge on any atom is 0.405 e. The molecule has 1 atom stereocenters. The van der Waals surface area contributed by atoms with E-state index in [0.717, 1.165) is 12.8 Å². The van der Waals surface area contributed by atoms with Crippen LogP contribution in [0.1, 0.15) is 33.6 Å². The molecule has 0 aromatic heterocycles. The number of hydrogen-bond acceptors (Lipinski definition) is 1. The molecule has 1 rings (SSSR count). The van der Waals surface area contributed by atoms with Crippen LogP contribution in [0.3, 0.4) is 0 Å². The fourth-order valence-electron chi connectivity index (χ4n) is 2.27. The molecule has 1 saturated carbocycles. The van der Waals surface area contributed by atoms with Crippen LogP contribution in [-0.2, 0) is 0 Å². The topological polar surface area (TPSA) is 12.0 Å². The van der Waals surface area contributed by atoms with Crippen LogP contribution in [0.15, 0.2) is 12.3 Å². The van der Waals surface area contributed by atoms with Gasteiger partial charge in [0.25, 0.3) is 0 Å². The molecule has 0 heterocycles. The minimum Gasteiger partial charge on any atom is -0.380 e. The molecule has 1 unspecified atom stereocenters. The summed E-state index contributed by atoms with van der Waals surface area (Å²) in [6.07, 6.45) is -1.96. The summed E-state index contributed by atoms with van der Waals surface area (Å²) in [5.41, 5.74) is 0.504. The van der Waals surface area contributed by atoms with Crippen LogP contribution in [0.5, 0.6) is 0 Å². The monoisotopic (exact) mass is 235 g/mol. The first-order valence-corrected chi connectivity index (χ1v) is 5.60. The Labute approximate surface area is 95.1 Å². The first-order valence-electron chi connectivity index (χ1n) is 5.60. The van der Waals surface area contributed by atoms with E-state index in [2.05, 4.69) is 32.7 Å². The second-order valence-electron chi connectivity index (χ2n) is 5.68. The molecule has 4 heteroatoms. The molecule has 1 aliphatic rings. The van der Waals surface area contributed by atoms with Gasteiger partial charge >= 0.3 is 6.18 Å². The molecule has 1 nitrogen and oxygen atoms in total. The Kier molecular flexibility index (Phi) is 3.60. The summed E-state index contributed by atoms with van der Waals surface area (Å²) < 4.78 is 36.3. The Balaban J connectivity index is 2.56. The van der Waals surface area contributed by atoms with Crippen LogP contribution >= 0.6 is 0 Å². The Bertz CT molecular complexity index is 258. The Hall–Kier alpha value is -0.670. The van der Waals surface area contributed by atoms with E-state index in [1.807, 2.05) is 0 Å². The van der Waals surface area contributed by atoms with Crippen molar-refractivity contribution in [3.63, 3.8) is 0 Å². The fourth-order valence-corrected chi connectivity index (χ4v) is 2.27. The molecule has 0 bridgehead atoms. The van der Waals surface area contributed by atoms with E-state index in [4.69, 9.17) is 0 Å². The zero-order valence-corrected chi connectivity index (χ0v) is 10.1. The van der Waals surface area contributed by atoms with Crippen molar-refractivity contribution in [3.8, 4) is 0 Å². The van der Waals surface area contributed by atoms with E-state index in [1.165, 1.54) is 0 Å². The molecular weight excluding hydrogens is 215 g/mol. The lowest BCUT2D eigenvalue weighted by molar-refractivity contribution is -0.123. The summed E-state index contributed by atoms with van der Waals surface area (Å²) in [7, 11) is 0. The van der Waals surface area contributed by atoms with Crippen molar-refractivity contribution < 1.29 is 13.2 Å². The maximum atomic E-state index is 12.1. The molecule has 0 aromatic rings. The molecule has 0 spiro atoms. The van der Waals surface area contributed by atoms with Crippen LogP contribution in [0.2, 0.25) is 0 Å². The Morgan fingerprint density at radius 1 is 1.31 bits per heavy atom. The van der Waals surface area contributed by atoms with Gasteiger partial charge in [0.1, 0.15) is 6.54 Å². The molecular formula is C12H20F3N. The van der Waals surface area contributed by atoms with Gasteiger partial charge in [-0.2, -0.15) is 13.2 Å². The van der Waals surface area contributed by atoms with Crippen molar-refractivity contribution in [2.75, 3.05) is 6.54 Å². The highest BCUT2D eigenvalue weighted by Crippen LogP contribution is 2.48. The first-order chi connectivity index (χ1) is 7.11. The molecule has 0 aliphatic heterocycles. The third-order valence-electron chi connectivity index (χ3n) is 2.92. The Morgan fingerprint density at radius 2 is 1.81 bits per heavy atom. The van der Waals surface area contributed by atoms with Crippen LogP contribution in [0.25, 0.3) is 0 Å². The molecule has 16 heavy (non-hydrogen) atoms. The second kappa shape index (κ2) is 4.30. The lowest BCUT2D eigenvalue weighted by Crippen LogP contribution is -2.35. The van der Waals surface area contributed by atoms with Gasteiger partial charge in [-0.15, -0.1) is 0 Å². The third kappa shape index (κ3) is 4.06. The van der Waals surface area contributed by atoms with E-state index in [9.17, 15) is 13.2 Å². The van der Waals surface area contributed by atoms with E-state index in [1.54, 1.807) is 0 Å². The van der Waals surface area contributed by atoms with E-state index in [-0.39, 0.29) is 11.3 Å². The smallest absolute Gasteiger partial charge is 0.380 e. The number of halogens is 3. The average molecular weight is 235 g/mol. The van der Waals surface area contributed by atoms with Gasteiger partial charge in [-0.25, -0.2) is 0 Å². The molecule has 94 valence electrons. The zero-order chi connectivity index (χ0) is 12.6. The predicted octanol–water partition coefficient (Wildman–Crippen LogP) is 3.72. The van der Waals surface area contributed by atoms with Crippen molar-refractivity contribution in [1.29, 1.82) is 0 Å². The minimum absolute atomic E-state index is 0.0309. The maximum absolute atomic E-state index is 12.1. The fraction of sp³-hybridized carbons (Fsp3) is 0.833. The van der Waals surface area contributed by atoms with Gasteiger partial charge < -0.3 is 5.32 Å². The zero-order valence-electron chi connectivity index (χ0n) is 10.1. The van der Waals surface area contributed by atoms with Crippen molar-refractivity contribution in [1.82, 2.24) is 5.32 Å².